The van der Waals surface area contributed by atoms with E-state index in [2.05, 4.69) is 10.3 Å². The first-order chi connectivity index (χ1) is 19.5. The van der Waals surface area contributed by atoms with Crippen LogP contribution in [0.3, 0.4) is 0 Å². The number of hydrogen-bond acceptors (Lipinski definition) is 6. The first kappa shape index (κ1) is 30.0. The minimum atomic E-state index is -4.40. The van der Waals surface area contributed by atoms with E-state index in [1.807, 2.05) is 18.9 Å². The van der Waals surface area contributed by atoms with Crippen LogP contribution >= 0.6 is 0 Å². The largest absolute Gasteiger partial charge is 0.486 e. The van der Waals surface area contributed by atoms with Crippen LogP contribution in [0.15, 0.2) is 67.0 Å². The monoisotopic (exact) mass is 570 g/mol. The average Bonchev–Trinajstić information content (AvgIpc) is 2.95. The Bertz CT molecular complexity index is 1350. The molecule has 8 nitrogen and oxygen atoms in total. The van der Waals surface area contributed by atoms with Crippen molar-refractivity contribution in [3.05, 3.63) is 89.2 Å². The molecule has 3 atom stereocenters. The molecule has 0 unspecified atom stereocenters. The van der Waals surface area contributed by atoms with Crippen LogP contribution < -0.4 is 10.1 Å². The Labute approximate surface area is 236 Å². The van der Waals surface area contributed by atoms with Crippen LogP contribution in [-0.2, 0) is 12.7 Å². The number of pyridine rings is 1. The van der Waals surface area contributed by atoms with Gasteiger partial charge in [-0.25, -0.2) is 0 Å². The van der Waals surface area contributed by atoms with E-state index in [0.717, 1.165) is 12.1 Å². The average molecular weight is 571 g/mol. The Balaban J connectivity index is 1.63. The summed E-state index contributed by atoms with van der Waals surface area (Å²) in [5.74, 6) is -0.705. The highest BCUT2D eigenvalue weighted by Gasteiger charge is 2.35. The van der Waals surface area contributed by atoms with Crippen molar-refractivity contribution in [3.63, 3.8) is 0 Å². The Hall–Kier alpha value is -3.96. The number of aromatic nitrogens is 1. The molecule has 0 saturated carbocycles. The fourth-order valence-corrected chi connectivity index (χ4v) is 4.74. The predicted octanol–water partition coefficient (Wildman–Crippen LogP) is 4.70. The molecule has 0 aliphatic carbocycles. The Morgan fingerprint density at radius 3 is 2.49 bits per heavy atom. The lowest BCUT2D eigenvalue weighted by Crippen LogP contribution is -2.49. The number of anilines is 1. The zero-order chi connectivity index (χ0) is 29.7. The minimum Gasteiger partial charge on any atom is -0.486 e. The summed E-state index contributed by atoms with van der Waals surface area (Å²) in [6, 6.07) is 12.6. The number of nitrogens with one attached hydrogen (secondary N) is 1. The zero-order valence-electron chi connectivity index (χ0n) is 23.1. The number of halogens is 3. The number of carbonyl (C=O) groups excluding carboxylic acids is 2. The van der Waals surface area contributed by atoms with Crippen molar-refractivity contribution in [1.29, 1.82) is 0 Å². The molecular weight excluding hydrogens is 537 g/mol. The second kappa shape index (κ2) is 12.7. The predicted molar refractivity (Wildman–Crippen MR) is 148 cm³/mol. The maximum atomic E-state index is 13.6. The Morgan fingerprint density at radius 1 is 1.17 bits per heavy atom. The summed E-state index contributed by atoms with van der Waals surface area (Å²) in [5, 5.41) is 12.7. The number of rotatable bonds is 8. The molecule has 1 aliphatic heterocycles. The van der Waals surface area contributed by atoms with Gasteiger partial charge in [0.15, 0.2) is 5.75 Å². The summed E-state index contributed by atoms with van der Waals surface area (Å²) < 4.78 is 45.4. The normalized spacial score (nSPS) is 18.2. The van der Waals surface area contributed by atoms with E-state index in [0.29, 0.717) is 36.4 Å². The number of nitrogens with zero attached hydrogens (tertiary/aromatic N) is 3. The van der Waals surface area contributed by atoms with E-state index in [9.17, 15) is 27.9 Å². The van der Waals surface area contributed by atoms with Crippen LogP contribution in [0.4, 0.5) is 18.9 Å². The van der Waals surface area contributed by atoms with E-state index in [4.69, 9.17) is 4.74 Å². The van der Waals surface area contributed by atoms with Crippen molar-refractivity contribution in [2.24, 2.45) is 5.92 Å². The number of likely N-dealkylation sites (N-methyl/N-ethyl adjacent to an activating group) is 1. The fourth-order valence-electron chi connectivity index (χ4n) is 4.74. The molecule has 2 aromatic carbocycles. The number of fused-ring (bicyclic) bond motifs is 1. The number of benzene rings is 2. The lowest BCUT2D eigenvalue weighted by atomic mass is 9.98. The molecule has 1 aliphatic rings. The number of hydrogen-bond donors (Lipinski definition) is 2. The third kappa shape index (κ3) is 7.22. The summed E-state index contributed by atoms with van der Waals surface area (Å²) in [6.45, 7) is 4.52. The van der Waals surface area contributed by atoms with E-state index < -0.39 is 29.8 Å². The molecule has 3 aromatic rings. The van der Waals surface area contributed by atoms with Crippen LogP contribution in [0.25, 0.3) is 0 Å². The van der Waals surface area contributed by atoms with Gasteiger partial charge in [-0.3, -0.25) is 19.5 Å². The van der Waals surface area contributed by atoms with E-state index >= 15 is 0 Å². The standard InChI is InChI=1S/C30H33F3N4O4/c1-19-15-37(20(2)18-38)29(40)24-5-4-6-25(35-28(39)22-11-13-34-14-12-22)27(24)41-26(19)17-36(3)16-21-7-9-23(10-8-21)30(31,32)33/h4-14,19-20,26,38H,15-18H2,1-3H3,(H,35,39)/t19-,20-,26+/m0/s1. The Kier molecular flexibility index (Phi) is 9.29. The molecule has 0 spiro atoms. The smallest absolute Gasteiger partial charge is 0.416 e. The van der Waals surface area contributed by atoms with E-state index in [1.165, 1.54) is 24.5 Å². The number of aliphatic hydroxyl groups is 1. The minimum absolute atomic E-state index is 0.194. The van der Waals surface area contributed by atoms with Crippen molar-refractivity contribution in [1.82, 2.24) is 14.8 Å². The second-order valence-corrected chi connectivity index (χ2v) is 10.4. The third-order valence-corrected chi connectivity index (χ3v) is 7.11. The summed E-state index contributed by atoms with van der Waals surface area (Å²) in [7, 11) is 1.84. The molecule has 4 rings (SSSR count). The quantitative estimate of drug-likeness (QED) is 0.408. The number of para-hydroxylation sites is 1. The molecule has 2 amide bonds. The van der Waals surface area contributed by atoms with Gasteiger partial charge in [0.05, 0.1) is 29.5 Å². The first-order valence-electron chi connectivity index (χ1n) is 13.3. The van der Waals surface area contributed by atoms with Crippen molar-refractivity contribution >= 4 is 17.5 Å². The van der Waals surface area contributed by atoms with E-state index in [1.54, 1.807) is 42.2 Å². The number of alkyl halides is 3. The van der Waals surface area contributed by atoms with Crippen molar-refractivity contribution in [2.45, 2.75) is 38.7 Å². The SMILES string of the molecule is C[C@H]1CN([C@@H](C)CO)C(=O)c2cccc(NC(=O)c3ccncc3)c2O[C@@H]1CN(C)Cc1ccc(C(F)(F)F)cc1. The first-order valence-corrected chi connectivity index (χ1v) is 13.3. The molecule has 0 bridgehead atoms. The van der Waals surface area contributed by atoms with Crippen LogP contribution in [0, 0.1) is 5.92 Å². The van der Waals surface area contributed by atoms with Crippen molar-refractivity contribution < 1.29 is 32.6 Å². The third-order valence-electron chi connectivity index (χ3n) is 7.11. The molecule has 2 N–H and O–H groups in total. The summed E-state index contributed by atoms with van der Waals surface area (Å²) in [6.07, 6.45) is -1.86. The van der Waals surface area contributed by atoms with Gasteiger partial charge in [-0.2, -0.15) is 13.2 Å². The van der Waals surface area contributed by atoms with Crippen LogP contribution in [0.1, 0.15) is 45.7 Å². The van der Waals surface area contributed by atoms with Gasteiger partial charge in [0.2, 0.25) is 0 Å². The van der Waals surface area contributed by atoms with Crippen LogP contribution in [0.2, 0.25) is 0 Å². The molecule has 41 heavy (non-hydrogen) atoms. The molecule has 2 heterocycles. The van der Waals surface area contributed by atoms with Gasteiger partial charge in [0.1, 0.15) is 6.10 Å². The van der Waals surface area contributed by atoms with Gasteiger partial charge in [-0.05, 0) is 55.9 Å². The Morgan fingerprint density at radius 2 is 1.85 bits per heavy atom. The molecule has 218 valence electrons. The van der Waals surface area contributed by atoms with Gasteiger partial charge in [-0.15, -0.1) is 0 Å². The zero-order valence-corrected chi connectivity index (χ0v) is 23.1. The maximum absolute atomic E-state index is 13.6. The van der Waals surface area contributed by atoms with Crippen LogP contribution in [-0.4, -0.2) is 70.6 Å². The molecular formula is C30H33F3N4O4. The van der Waals surface area contributed by atoms with Crippen molar-refractivity contribution in [3.8, 4) is 5.75 Å². The number of aliphatic hydroxyl groups excluding tert-OH is 1. The molecule has 0 fully saturated rings. The molecule has 0 radical (unpaired) electrons. The number of carbonyl (C=O) groups is 2. The lowest BCUT2D eigenvalue weighted by Gasteiger charge is -2.38. The molecule has 0 saturated heterocycles. The van der Waals surface area contributed by atoms with Crippen molar-refractivity contribution in [2.75, 3.05) is 32.1 Å². The lowest BCUT2D eigenvalue weighted by molar-refractivity contribution is -0.137. The highest BCUT2D eigenvalue weighted by Crippen LogP contribution is 2.35. The summed E-state index contributed by atoms with van der Waals surface area (Å²) in [4.78, 5) is 34.1. The van der Waals surface area contributed by atoms with Gasteiger partial charge in [0.25, 0.3) is 11.8 Å². The van der Waals surface area contributed by atoms with Gasteiger partial charge < -0.3 is 20.1 Å². The molecule has 11 heteroatoms. The van der Waals surface area contributed by atoms with Gasteiger partial charge >= 0.3 is 6.18 Å². The number of ether oxygens (including phenoxy) is 1. The highest BCUT2D eigenvalue weighted by molar-refractivity contribution is 6.07. The summed E-state index contributed by atoms with van der Waals surface area (Å²) >= 11 is 0. The van der Waals surface area contributed by atoms with Gasteiger partial charge in [0, 0.05) is 43.5 Å². The topological polar surface area (TPSA) is 95.0 Å². The number of amides is 2. The second-order valence-electron chi connectivity index (χ2n) is 10.4. The van der Waals surface area contributed by atoms with Crippen LogP contribution in [0.5, 0.6) is 5.75 Å². The summed E-state index contributed by atoms with van der Waals surface area (Å²) in [5.41, 5.74) is 0.947. The van der Waals surface area contributed by atoms with Gasteiger partial charge in [-0.1, -0.05) is 25.1 Å². The fraction of sp³-hybridized carbons (Fsp3) is 0.367. The maximum Gasteiger partial charge on any atom is 0.416 e. The highest BCUT2D eigenvalue weighted by atomic mass is 19.4. The molecule has 1 aromatic heterocycles. The van der Waals surface area contributed by atoms with E-state index in [-0.39, 0.29) is 29.7 Å².